The molecule has 0 radical (unpaired) electrons. The van der Waals surface area contributed by atoms with E-state index in [1.807, 2.05) is 0 Å². The molecule has 0 bridgehead atoms. The first-order valence-corrected chi connectivity index (χ1v) is 11.6. The van der Waals surface area contributed by atoms with E-state index in [1.54, 1.807) is 19.2 Å². The van der Waals surface area contributed by atoms with Gasteiger partial charge in [0.15, 0.2) is 5.78 Å². The van der Waals surface area contributed by atoms with Gasteiger partial charge >= 0.3 is 5.97 Å². The predicted octanol–water partition coefficient (Wildman–Crippen LogP) is 2.22. The molecule has 1 saturated carbocycles. The summed E-state index contributed by atoms with van der Waals surface area (Å²) in [6, 6.07) is 3.64. The number of ketones is 1. The molecule has 1 aromatic rings. The largest absolute Gasteiger partial charge is 0.481 e. The molecule has 0 saturated heterocycles. The minimum Gasteiger partial charge on any atom is -0.481 e. The van der Waals surface area contributed by atoms with E-state index >= 15 is 0 Å². The molecule has 3 N–H and O–H groups in total. The number of primary amides is 1. The minimum atomic E-state index is -1.08. The molecule has 3 rings (SSSR count). The summed E-state index contributed by atoms with van der Waals surface area (Å²) in [6.07, 6.45) is 3.24. The number of likely N-dealkylation sites (N-methyl/N-ethyl adjacent to an activating group) is 1. The van der Waals surface area contributed by atoms with Crippen LogP contribution < -0.4 is 5.73 Å². The van der Waals surface area contributed by atoms with Gasteiger partial charge in [0.1, 0.15) is 6.04 Å². The van der Waals surface area contributed by atoms with Crippen LogP contribution in [0, 0.1) is 11.3 Å². The first kappa shape index (κ1) is 25.4. The van der Waals surface area contributed by atoms with E-state index in [4.69, 9.17) is 10.8 Å². The second-order valence-electron chi connectivity index (χ2n) is 10.2. The second kappa shape index (κ2) is 9.95. The highest BCUT2D eigenvalue weighted by Gasteiger charge is 2.36. The second-order valence-corrected chi connectivity index (χ2v) is 10.2. The van der Waals surface area contributed by atoms with Crippen LogP contribution >= 0.6 is 0 Å². The van der Waals surface area contributed by atoms with Crippen molar-refractivity contribution in [3.63, 3.8) is 0 Å². The topological polar surface area (TPSA) is 138 Å². The lowest BCUT2D eigenvalue weighted by Gasteiger charge is -2.35. The number of Topliss-reactive ketones (excluding diaryl/α,β-unsaturated/α-hetero) is 1. The van der Waals surface area contributed by atoms with Gasteiger partial charge in [-0.3, -0.25) is 24.0 Å². The summed E-state index contributed by atoms with van der Waals surface area (Å²) in [5, 5.41) is 8.92. The van der Waals surface area contributed by atoms with Crippen molar-refractivity contribution in [2.45, 2.75) is 65.0 Å². The van der Waals surface area contributed by atoms with Crippen molar-refractivity contribution < 1.29 is 29.1 Å². The van der Waals surface area contributed by atoms with Crippen molar-refractivity contribution in [1.82, 2.24) is 9.80 Å². The summed E-state index contributed by atoms with van der Waals surface area (Å²) in [6.45, 7) is 4.42. The lowest BCUT2D eigenvalue weighted by atomic mass is 9.73. The smallest absolute Gasteiger partial charge is 0.303 e. The number of fused-ring (bicyclic) bond motifs is 1. The number of benzene rings is 1. The van der Waals surface area contributed by atoms with Crippen molar-refractivity contribution in [3.05, 3.63) is 34.9 Å². The number of carboxylic acid groups (broad SMARTS) is 1. The Morgan fingerprint density at radius 2 is 1.85 bits per heavy atom. The van der Waals surface area contributed by atoms with Gasteiger partial charge in [0.2, 0.25) is 11.8 Å². The van der Waals surface area contributed by atoms with Gasteiger partial charge in [-0.1, -0.05) is 19.9 Å². The number of amides is 3. The van der Waals surface area contributed by atoms with Gasteiger partial charge in [0, 0.05) is 37.1 Å². The number of carboxylic acids is 1. The summed E-state index contributed by atoms with van der Waals surface area (Å²) < 4.78 is 0. The van der Waals surface area contributed by atoms with Crippen LogP contribution in [-0.4, -0.2) is 64.0 Å². The van der Waals surface area contributed by atoms with Crippen molar-refractivity contribution >= 4 is 29.5 Å². The van der Waals surface area contributed by atoms with E-state index in [2.05, 4.69) is 13.8 Å². The summed E-state index contributed by atoms with van der Waals surface area (Å²) in [4.78, 5) is 64.0. The third-order valence-corrected chi connectivity index (χ3v) is 7.04. The normalized spacial score (nSPS) is 18.3. The summed E-state index contributed by atoms with van der Waals surface area (Å²) in [5.74, 6) is -2.60. The lowest BCUT2D eigenvalue weighted by Crippen LogP contribution is -2.45. The van der Waals surface area contributed by atoms with Crippen LogP contribution in [0.25, 0.3) is 0 Å². The van der Waals surface area contributed by atoms with E-state index < -0.39 is 23.8 Å². The lowest BCUT2D eigenvalue weighted by molar-refractivity contribution is -0.138. The van der Waals surface area contributed by atoms with Crippen molar-refractivity contribution in [2.75, 3.05) is 13.6 Å². The summed E-state index contributed by atoms with van der Waals surface area (Å²) >= 11 is 0. The predicted molar refractivity (Wildman–Crippen MR) is 124 cm³/mol. The first-order chi connectivity index (χ1) is 15.9. The molecule has 1 unspecified atom stereocenters. The SMILES string of the molecule is CN(CC(=O)c1ccc2c(c1)CN(C(CCC(=O)O)C(N)=O)C2=O)C(=O)C1CCC(C)(C)CC1. The molecule has 2 aliphatic rings. The van der Waals surface area contributed by atoms with Crippen molar-refractivity contribution in [3.8, 4) is 0 Å². The van der Waals surface area contributed by atoms with Gasteiger partial charge in [0.05, 0.1) is 6.54 Å². The Balaban J connectivity index is 1.66. The van der Waals surface area contributed by atoms with Crippen LogP contribution in [0.1, 0.15) is 78.7 Å². The molecular formula is C25H33N3O6. The third-order valence-electron chi connectivity index (χ3n) is 7.04. The molecule has 34 heavy (non-hydrogen) atoms. The van der Waals surface area contributed by atoms with Gasteiger partial charge < -0.3 is 20.6 Å². The van der Waals surface area contributed by atoms with Crippen LogP contribution in [0.4, 0.5) is 0 Å². The Labute approximate surface area is 199 Å². The van der Waals surface area contributed by atoms with E-state index in [0.717, 1.165) is 25.7 Å². The van der Waals surface area contributed by atoms with Gasteiger partial charge in [-0.2, -0.15) is 0 Å². The fourth-order valence-corrected chi connectivity index (χ4v) is 4.82. The third kappa shape index (κ3) is 5.63. The maximum absolute atomic E-state index is 12.9. The molecule has 1 heterocycles. The minimum absolute atomic E-state index is 0.0194. The molecule has 0 spiro atoms. The van der Waals surface area contributed by atoms with Crippen molar-refractivity contribution in [1.29, 1.82) is 0 Å². The average Bonchev–Trinajstić information content (AvgIpc) is 3.08. The number of hydrogen-bond donors (Lipinski definition) is 2. The number of hydrogen-bond acceptors (Lipinski definition) is 5. The molecule has 1 aliphatic carbocycles. The van der Waals surface area contributed by atoms with E-state index in [1.165, 1.54) is 15.9 Å². The fourth-order valence-electron chi connectivity index (χ4n) is 4.82. The standard InChI is InChI=1S/C25H33N3O6/c1-25(2)10-8-15(9-11-25)23(33)27(3)14-20(29)16-4-5-18-17(12-16)13-28(24(18)34)19(22(26)32)6-7-21(30)31/h4-5,12,15,19H,6-11,13-14H2,1-3H3,(H2,26,32)(H,30,31). The molecule has 1 atom stereocenters. The molecule has 184 valence electrons. The Kier molecular flexibility index (Phi) is 7.43. The Hall–Kier alpha value is -3.23. The van der Waals surface area contributed by atoms with E-state index in [9.17, 15) is 24.0 Å². The van der Waals surface area contributed by atoms with E-state index in [0.29, 0.717) is 16.7 Å². The number of nitrogens with two attached hydrogens (primary N) is 1. The highest BCUT2D eigenvalue weighted by atomic mass is 16.4. The van der Waals surface area contributed by atoms with Gasteiger partial charge in [-0.15, -0.1) is 0 Å². The number of carbonyl (C=O) groups is 5. The Morgan fingerprint density at radius 1 is 1.21 bits per heavy atom. The van der Waals surface area contributed by atoms with E-state index in [-0.39, 0.29) is 49.0 Å². The zero-order valence-corrected chi connectivity index (χ0v) is 20.0. The van der Waals surface area contributed by atoms with Crippen LogP contribution in [0.5, 0.6) is 0 Å². The zero-order valence-electron chi connectivity index (χ0n) is 20.0. The van der Waals surface area contributed by atoms with Crippen LogP contribution in [0.3, 0.4) is 0 Å². The first-order valence-electron chi connectivity index (χ1n) is 11.6. The number of aliphatic carboxylic acids is 1. The van der Waals surface area contributed by atoms with Gasteiger partial charge in [-0.25, -0.2) is 0 Å². The molecular weight excluding hydrogens is 438 g/mol. The summed E-state index contributed by atoms with van der Waals surface area (Å²) in [5.41, 5.74) is 6.97. The Morgan fingerprint density at radius 3 is 2.44 bits per heavy atom. The van der Waals surface area contributed by atoms with Gasteiger partial charge in [-0.05, 0) is 55.2 Å². The maximum atomic E-state index is 12.9. The van der Waals surface area contributed by atoms with Gasteiger partial charge in [0.25, 0.3) is 5.91 Å². The highest BCUT2D eigenvalue weighted by Crippen LogP contribution is 2.38. The number of nitrogens with zero attached hydrogens (tertiary/aromatic N) is 2. The molecule has 9 nitrogen and oxygen atoms in total. The van der Waals surface area contributed by atoms with Crippen molar-refractivity contribution in [2.24, 2.45) is 17.1 Å². The fraction of sp³-hybridized carbons (Fsp3) is 0.560. The zero-order chi connectivity index (χ0) is 25.2. The number of carbonyl (C=O) groups excluding carboxylic acids is 4. The molecule has 1 aliphatic heterocycles. The van der Waals surface area contributed by atoms with Crippen LogP contribution in [-0.2, 0) is 20.9 Å². The molecule has 1 fully saturated rings. The quantitative estimate of drug-likeness (QED) is 0.530. The maximum Gasteiger partial charge on any atom is 0.303 e. The molecule has 9 heteroatoms. The van der Waals surface area contributed by atoms with Crippen LogP contribution in [0.15, 0.2) is 18.2 Å². The Bertz CT molecular complexity index is 1010. The highest BCUT2D eigenvalue weighted by molar-refractivity contribution is 6.04. The molecule has 0 aromatic heterocycles. The number of rotatable bonds is 9. The molecule has 1 aromatic carbocycles. The molecule has 3 amide bonds. The van der Waals surface area contributed by atoms with Crippen LogP contribution in [0.2, 0.25) is 0 Å². The summed E-state index contributed by atoms with van der Waals surface area (Å²) in [7, 11) is 1.64. The monoisotopic (exact) mass is 471 g/mol. The average molecular weight is 472 g/mol.